The van der Waals surface area contributed by atoms with Crippen LogP contribution in [-0.2, 0) is 11.3 Å². The summed E-state index contributed by atoms with van der Waals surface area (Å²) < 4.78 is 16.5. The highest BCUT2D eigenvalue weighted by Crippen LogP contribution is 2.25. The summed E-state index contributed by atoms with van der Waals surface area (Å²) in [7, 11) is 0. The Morgan fingerprint density at radius 3 is 2.69 bits per heavy atom. The van der Waals surface area contributed by atoms with E-state index in [1.807, 2.05) is 12.1 Å². The van der Waals surface area contributed by atoms with Crippen molar-refractivity contribution in [1.29, 1.82) is 0 Å². The lowest BCUT2D eigenvalue weighted by Crippen LogP contribution is -2.42. The minimum absolute atomic E-state index is 0.00985. The maximum absolute atomic E-state index is 12.3. The lowest BCUT2D eigenvalue weighted by molar-refractivity contribution is -0.00890. The smallest absolute Gasteiger partial charge is 0.409 e. The average molecular weight is 415 g/mol. The van der Waals surface area contributed by atoms with Crippen LogP contribution in [0.3, 0.4) is 0 Å². The van der Waals surface area contributed by atoms with E-state index in [0.29, 0.717) is 48.4 Å². The van der Waals surface area contributed by atoms with Gasteiger partial charge in [0.15, 0.2) is 5.75 Å². The third kappa shape index (κ3) is 4.90. The van der Waals surface area contributed by atoms with Gasteiger partial charge in [-0.05, 0) is 37.1 Å². The third-order valence-corrected chi connectivity index (χ3v) is 4.90. The highest BCUT2D eigenvalue weighted by molar-refractivity contribution is 6.32. The molecule has 9 heteroatoms. The highest BCUT2D eigenvalue weighted by Gasteiger charge is 2.25. The van der Waals surface area contributed by atoms with Gasteiger partial charge in [0, 0.05) is 31.0 Å². The fourth-order valence-corrected chi connectivity index (χ4v) is 3.19. The van der Waals surface area contributed by atoms with Crippen molar-refractivity contribution in [2.24, 2.45) is 0 Å². The number of likely N-dealkylation sites (tertiary alicyclic amines) is 1. The first-order valence-corrected chi connectivity index (χ1v) is 9.63. The monoisotopic (exact) mass is 414 g/mol. The predicted molar refractivity (Wildman–Crippen MR) is 104 cm³/mol. The molecule has 29 heavy (non-hydrogen) atoms. The number of halogens is 1. The molecule has 1 saturated heterocycles. The van der Waals surface area contributed by atoms with E-state index in [4.69, 9.17) is 25.6 Å². The van der Waals surface area contributed by atoms with Gasteiger partial charge in [-0.25, -0.2) is 4.79 Å². The Balaban J connectivity index is 1.24. The molecule has 0 atom stereocenters. The predicted octanol–water partition coefficient (Wildman–Crippen LogP) is 3.97. The number of amides is 1. The third-order valence-electron chi connectivity index (χ3n) is 4.58. The van der Waals surface area contributed by atoms with Crippen molar-refractivity contribution in [3.05, 3.63) is 59.7 Å². The van der Waals surface area contributed by atoms with Crippen LogP contribution in [0, 0.1) is 0 Å². The molecule has 8 nitrogen and oxygen atoms in total. The van der Waals surface area contributed by atoms with Gasteiger partial charge in [0.05, 0.1) is 11.1 Å². The van der Waals surface area contributed by atoms with Crippen LogP contribution in [0.4, 0.5) is 4.79 Å². The van der Waals surface area contributed by atoms with Crippen LogP contribution in [0.25, 0.3) is 11.4 Å². The molecule has 1 aromatic carbocycles. The molecular formula is C20H19ClN4O4. The number of carbonyl (C=O) groups excluding carboxylic acids is 1. The van der Waals surface area contributed by atoms with Crippen LogP contribution in [0.2, 0.25) is 5.02 Å². The zero-order valence-electron chi connectivity index (χ0n) is 15.5. The van der Waals surface area contributed by atoms with E-state index in [-0.39, 0.29) is 12.7 Å². The molecule has 1 amide bonds. The lowest BCUT2D eigenvalue weighted by atomic mass is 10.1. The number of hydrogen-bond donors (Lipinski definition) is 0. The van der Waals surface area contributed by atoms with Crippen molar-refractivity contribution in [1.82, 2.24) is 20.0 Å². The van der Waals surface area contributed by atoms with Crippen molar-refractivity contribution in [3.8, 4) is 17.1 Å². The van der Waals surface area contributed by atoms with E-state index < -0.39 is 6.09 Å². The van der Waals surface area contributed by atoms with E-state index in [9.17, 15) is 4.79 Å². The minimum atomic E-state index is -0.407. The van der Waals surface area contributed by atoms with E-state index in [0.717, 1.165) is 5.56 Å². The molecule has 0 bridgehead atoms. The first-order valence-electron chi connectivity index (χ1n) is 9.25. The number of ether oxygens (including phenoxy) is 2. The second-order valence-electron chi connectivity index (χ2n) is 6.54. The summed E-state index contributed by atoms with van der Waals surface area (Å²) in [6, 6.07) is 10.5. The number of carbonyl (C=O) groups is 1. The van der Waals surface area contributed by atoms with E-state index in [1.165, 1.54) is 0 Å². The van der Waals surface area contributed by atoms with Gasteiger partial charge in [0.1, 0.15) is 6.61 Å². The number of hydrogen-bond acceptors (Lipinski definition) is 7. The quantitative estimate of drug-likeness (QED) is 0.623. The summed E-state index contributed by atoms with van der Waals surface area (Å²) in [6.07, 6.45) is 4.34. The normalized spacial score (nSPS) is 14.7. The Morgan fingerprint density at radius 2 is 1.93 bits per heavy atom. The first-order chi connectivity index (χ1) is 14.2. The fourth-order valence-electron chi connectivity index (χ4n) is 3.01. The van der Waals surface area contributed by atoms with Crippen LogP contribution in [0.15, 0.2) is 53.3 Å². The number of nitrogens with zero attached hydrogens (tertiary/aromatic N) is 4. The Labute approximate surface area is 172 Å². The van der Waals surface area contributed by atoms with Crippen LogP contribution in [-0.4, -0.2) is 45.3 Å². The number of piperidine rings is 1. The van der Waals surface area contributed by atoms with Crippen molar-refractivity contribution in [2.45, 2.75) is 25.6 Å². The largest absolute Gasteiger partial charge is 0.415 e. The van der Waals surface area contributed by atoms with Gasteiger partial charge < -0.3 is 18.9 Å². The maximum atomic E-state index is 12.3. The molecule has 0 aliphatic carbocycles. The molecule has 0 spiro atoms. The molecule has 0 unspecified atom stereocenters. The summed E-state index contributed by atoms with van der Waals surface area (Å²) in [5.41, 5.74) is 0.834. The first kappa shape index (κ1) is 19.4. The topological polar surface area (TPSA) is 90.6 Å². The van der Waals surface area contributed by atoms with Gasteiger partial charge in [-0.1, -0.05) is 28.9 Å². The molecule has 2 aromatic heterocycles. The van der Waals surface area contributed by atoms with E-state index >= 15 is 0 Å². The second-order valence-corrected chi connectivity index (χ2v) is 6.95. The molecule has 3 heterocycles. The lowest BCUT2D eigenvalue weighted by Gasteiger charge is -2.30. The molecule has 0 radical (unpaired) electrons. The van der Waals surface area contributed by atoms with Crippen molar-refractivity contribution < 1.29 is 18.8 Å². The molecule has 1 aliphatic rings. The number of benzene rings is 1. The van der Waals surface area contributed by atoms with E-state index in [1.54, 1.807) is 41.6 Å². The van der Waals surface area contributed by atoms with Crippen molar-refractivity contribution >= 4 is 17.7 Å². The van der Waals surface area contributed by atoms with Gasteiger partial charge >= 0.3 is 6.09 Å². The molecule has 0 saturated carbocycles. The number of rotatable bonds is 5. The zero-order chi connectivity index (χ0) is 20.1. The molecular weight excluding hydrogens is 396 g/mol. The summed E-state index contributed by atoms with van der Waals surface area (Å²) in [5.74, 6) is 1.28. The summed E-state index contributed by atoms with van der Waals surface area (Å²) in [4.78, 5) is 22.3. The van der Waals surface area contributed by atoms with Crippen molar-refractivity contribution in [3.63, 3.8) is 0 Å². The fraction of sp³-hybridized carbons (Fsp3) is 0.300. The van der Waals surface area contributed by atoms with Gasteiger partial charge in [-0.15, -0.1) is 0 Å². The van der Waals surface area contributed by atoms with Crippen LogP contribution < -0.4 is 4.74 Å². The Hall–Kier alpha value is -2.97. The summed E-state index contributed by atoms with van der Waals surface area (Å²) >= 11 is 6.03. The Kier molecular flexibility index (Phi) is 6.02. The minimum Gasteiger partial charge on any atom is -0.409 e. The average Bonchev–Trinajstić information content (AvgIpc) is 3.24. The van der Waals surface area contributed by atoms with Crippen LogP contribution in [0.5, 0.6) is 5.75 Å². The van der Waals surface area contributed by atoms with Crippen LogP contribution >= 0.6 is 11.6 Å². The van der Waals surface area contributed by atoms with E-state index in [2.05, 4.69) is 15.1 Å². The molecule has 150 valence electrons. The van der Waals surface area contributed by atoms with Gasteiger partial charge in [0.25, 0.3) is 5.89 Å². The summed E-state index contributed by atoms with van der Waals surface area (Å²) in [6.45, 7) is 1.31. The molecule has 4 rings (SSSR count). The molecule has 1 aliphatic heterocycles. The SMILES string of the molecule is O=C(Oc1ccccc1Cl)N1CCC(OCc2nc(-c3ccncc3)no2)CC1. The maximum Gasteiger partial charge on any atom is 0.415 e. The zero-order valence-corrected chi connectivity index (χ0v) is 16.3. The number of aromatic nitrogens is 3. The molecule has 3 aromatic rings. The van der Waals surface area contributed by atoms with Gasteiger partial charge in [-0.2, -0.15) is 4.98 Å². The molecule has 1 fully saturated rings. The van der Waals surface area contributed by atoms with Gasteiger partial charge in [0.2, 0.25) is 5.82 Å². The van der Waals surface area contributed by atoms with Gasteiger partial charge in [-0.3, -0.25) is 4.98 Å². The number of para-hydroxylation sites is 1. The van der Waals surface area contributed by atoms with Crippen molar-refractivity contribution in [2.75, 3.05) is 13.1 Å². The number of pyridine rings is 1. The standard InChI is InChI=1S/C20H19ClN4O4/c21-16-3-1-2-4-17(16)28-20(26)25-11-7-15(8-12-25)27-13-18-23-19(24-29-18)14-5-9-22-10-6-14/h1-6,9-10,15H,7-8,11-13H2. The summed E-state index contributed by atoms with van der Waals surface area (Å²) in [5, 5.41) is 4.37. The highest BCUT2D eigenvalue weighted by atomic mass is 35.5. The Morgan fingerprint density at radius 1 is 1.17 bits per heavy atom. The molecule has 0 N–H and O–H groups in total. The van der Waals surface area contributed by atoms with Crippen LogP contribution in [0.1, 0.15) is 18.7 Å². The Bertz CT molecular complexity index is 958. The second kappa shape index (κ2) is 9.02.